The van der Waals surface area contributed by atoms with E-state index in [9.17, 15) is 22.4 Å². The molecule has 0 aliphatic carbocycles. The molecule has 0 bridgehead atoms. The van der Waals surface area contributed by atoms with Gasteiger partial charge in [-0.1, -0.05) is 0 Å². The topological polar surface area (TPSA) is 113 Å². The van der Waals surface area contributed by atoms with Gasteiger partial charge >= 0.3 is 6.09 Å². The van der Waals surface area contributed by atoms with Gasteiger partial charge in [-0.05, 0) is 30.2 Å². The lowest BCUT2D eigenvalue weighted by atomic mass is 9.99. The summed E-state index contributed by atoms with van der Waals surface area (Å²) in [6.07, 6.45) is 0.707. The largest absolute Gasteiger partial charge is 0.489 e. The predicted octanol–water partition coefficient (Wildman–Crippen LogP) is 1.23. The van der Waals surface area contributed by atoms with Crippen molar-refractivity contribution in [1.29, 1.82) is 0 Å². The van der Waals surface area contributed by atoms with Crippen molar-refractivity contribution in [2.75, 3.05) is 38.2 Å². The van der Waals surface area contributed by atoms with Crippen LogP contribution in [0.5, 0.6) is 5.75 Å². The highest BCUT2D eigenvalue weighted by Crippen LogP contribution is 2.24. The van der Waals surface area contributed by atoms with E-state index in [1.54, 1.807) is 18.2 Å². The van der Waals surface area contributed by atoms with E-state index < -0.39 is 15.9 Å². The van der Waals surface area contributed by atoms with E-state index in [4.69, 9.17) is 9.84 Å². The van der Waals surface area contributed by atoms with Crippen molar-refractivity contribution < 1.29 is 32.2 Å². The molecule has 1 aromatic carbocycles. The fourth-order valence-corrected chi connectivity index (χ4v) is 3.13. The molecule has 1 aromatic rings. The maximum Gasteiger partial charge on any atom is 0.404 e. The minimum absolute atomic E-state index is 0.0853. The van der Waals surface area contributed by atoms with Crippen molar-refractivity contribution in [3.05, 3.63) is 41.2 Å². The number of ether oxygens (including phenoxy) is 1. The number of hydrogen-bond acceptors (Lipinski definition) is 5. The number of carboxylic acid groups (broad SMARTS) is 1. The number of rotatable bonds is 8. The van der Waals surface area contributed by atoms with Crippen LogP contribution in [0, 0.1) is 0 Å². The number of carbonyl (C=O) groups is 2. The van der Waals surface area contributed by atoms with E-state index in [0.717, 1.165) is 11.8 Å². The third kappa shape index (κ3) is 6.24. The number of benzene rings is 1. The zero-order valence-corrected chi connectivity index (χ0v) is 15.6. The Balaban J connectivity index is 1.99. The van der Waals surface area contributed by atoms with Gasteiger partial charge in [0.2, 0.25) is 0 Å². The van der Waals surface area contributed by atoms with Crippen LogP contribution in [0.25, 0.3) is 0 Å². The van der Waals surface area contributed by atoms with Crippen molar-refractivity contribution >= 4 is 21.8 Å². The van der Waals surface area contributed by atoms with Gasteiger partial charge < -0.3 is 20.1 Å². The van der Waals surface area contributed by atoms with E-state index in [-0.39, 0.29) is 43.3 Å². The molecule has 8 nitrogen and oxygen atoms in total. The first-order valence-corrected chi connectivity index (χ1v) is 10.2. The van der Waals surface area contributed by atoms with E-state index >= 15 is 0 Å². The Bertz CT molecular complexity index is 853. The lowest BCUT2D eigenvalue weighted by Gasteiger charge is -2.28. The molecule has 10 heteroatoms. The van der Waals surface area contributed by atoms with Crippen LogP contribution in [0.2, 0.25) is 0 Å². The number of nitrogens with zero attached hydrogens (tertiary/aromatic N) is 1. The fraction of sp³-hybridized carbons (Fsp3) is 0.412. The quantitative estimate of drug-likeness (QED) is 0.679. The maximum atomic E-state index is 12.8. The third-order valence-corrected chi connectivity index (χ3v) is 4.95. The van der Waals surface area contributed by atoms with Gasteiger partial charge in [-0.3, -0.25) is 4.79 Å². The van der Waals surface area contributed by atoms with Crippen LogP contribution in [0.3, 0.4) is 0 Å². The van der Waals surface area contributed by atoms with Crippen molar-refractivity contribution in [2.24, 2.45) is 0 Å². The SMILES string of the molecule is CS(=O)(=O)CCN1CCc2cc(OC/C(=C/F)CNC(=O)O)ccc2C1=O. The molecule has 1 aliphatic heterocycles. The Morgan fingerprint density at radius 3 is 2.81 bits per heavy atom. The van der Waals surface area contributed by atoms with Gasteiger partial charge in [0.05, 0.1) is 12.1 Å². The molecule has 0 spiro atoms. The van der Waals surface area contributed by atoms with Gasteiger partial charge in [-0.15, -0.1) is 0 Å². The van der Waals surface area contributed by atoms with E-state index in [0.29, 0.717) is 24.3 Å². The summed E-state index contributed by atoms with van der Waals surface area (Å²) in [5.41, 5.74) is 1.37. The molecule has 0 aromatic heterocycles. The molecule has 148 valence electrons. The van der Waals surface area contributed by atoms with Crippen molar-refractivity contribution in [1.82, 2.24) is 10.2 Å². The van der Waals surface area contributed by atoms with Gasteiger partial charge in [0, 0.05) is 37.0 Å². The summed E-state index contributed by atoms with van der Waals surface area (Å²) in [7, 11) is -3.15. The first-order chi connectivity index (χ1) is 12.7. The highest BCUT2D eigenvalue weighted by molar-refractivity contribution is 7.90. The number of amides is 2. The minimum atomic E-state index is -3.15. The second-order valence-electron chi connectivity index (χ2n) is 6.21. The third-order valence-electron chi connectivity index (χ3n) is 4.02. The number of hydrogen-bond donors (Lipinski definition) is 2. The molecule has 2 rings (SSSR count). The van der Waals surface area contributed by atoms with E-state index in [1.807, 2.05) is 0 Å². The minimum Gasteiger partial charge on any atom is -0.489 e. The number of fused-ring (bicyclic) bond motifs is 1. The molecule has 1 aliphatic rings. The normalized spacial score (nSPS) is 14.7. The Labute approximate surface area is 156 Å². The Kier molecular flexibility index (Phi) is 6.78. The predicted molar refractivity (Wildman–Crippen MR) is 96.5 cm³/mol. The molecule has 2 N–H and O–H groups in total. The molecule has 2 amide bonds. The van der Waals surface area contributed by atoms with Crippen molar-refractivity contribution in [3.63, 3.8) is 0 Å². The second kappa shape index (κ2) is 8.85. The van der Waals surface area contributed by atoms with Crippen molar-refractivity contribution in [3.8, 4) is 5.75 Å². The molecule has 0 radical (unpaired) electrons. The van der Waals surface area contributed by atoms with Gasteiger partial charge in [0.25, 0.3) is 5.91 Å². The average molecular weight is 400 g/mol. The summed E-state index contributed by atoms with van der Waals surface area (Å²) < 4.78 is 40.8. The molecule has 0 unspecified atom stereocenters. The standard InChI is InChI=1S/C17H21FN2O6S/c1-27(24,25)7-6-20-5-4-13-8-14(2-3-15(13)16(20)21)26-11-12(9-18)10-19-17(22)23/h2-3,8-9,19H,4-7,10-11H2,1H3,(H,22,23)/b12-9+. The molecule has 1 heterocycles. The summed E-state index contributed by atoms with van der Waals surface area (Å²) in [4.78, 5) is 24.4. The zero-order chi connectivity index (χ0) is 20.0. The van der Waals surface area contributed by atoms with Crippen LogP contribution in [0.4, 0.5) is 9.18 Å². The summed E-state index contributed by atoms with van der Waals surface area (Å²) in [6.45, 7) is 0.230. The summed E-state index contributed by atoms with van der Waals surface area (Å²) in [5, 5.41) is 10.6. The number of sulfone groups is 1. The Morgan fingerprint density at radius 1 is 1.44 bits per heavy atom. The molecule has 0 fully saturated rings. The molecular weight excluding hydrogens is 379 g/mol. The molecule has 27 heavy (non-hydrogen) atoms. The highest BCUT2D eigenvalue weighted by atomic mass is 32.2. The van der Waals surface area contributed by atoms with Gasteiger partial charge in [0.15, 0.2) is 0 Å². The molecule has 0 atom stereocenters. The lowest BCUT2D eigenvalue weighted by Crippen LogP contribution is -2.40. The van der Waals surface area contributed by atoms with Crippen LogP contribution in [0.15, 0.2) is 30.1 Å². The zero-order valence-electron chi connectivity index (χ0n) is 14.8. The monoisotopic (exact) mass is 400 g/mol. The Hall–Kier alpha value is -2.62. The molecular formula is C17H21FN2O6S. The first-order valence-electron chi connectivity index (χ1n) is 8.17. The first kappa shape index (κ1) is 20.7. The number of nitrogens with one attached hydrogen (secondary N) is 1. The smallest absolute Gasteiger partial charge is 0.404 e. The van der Waals surface area contributed by atoms with E-state index in [2.05, 4.69) is 5.32 Å². The average Bonchev–Trinajstić information content (AvgIpc) is 2.60. The fourth-order valence-electron chi connectivity index (χ4n) is 2.58. The Morgan fingerprint density at radius 2 is 2.19 bits per heavy atom. The van der Waals surface area contributed by atoms with E-state index in [1.165, 1.54) is 4.90 Å². The van der Waals surface area contributed by atoms with Crippen molar-refractivity contribution in [2.45, 2.75) is 6.42 Å². The summed E-state index contributed by atoms with van der Waals surface area (Å²) >= 11 is 0. The van der Waals surface area contributed by atoms with Crippen LogP contribution in [-0.4, -0.2) is 68.7 Å². The number of carbonyl (C=O) groups excluding carboxylic acids is 1. The van der Waals surface area contributed by atoms with Crippen LogP contribution >= 0.6 is 0 Å². The molecule has 0 saturated carbocycles. The van der Waals surface area contributed by atoms with Gasteiger partial charge in [0.1, 0.15) is 22.2 Å². The summed E-state index contributed by atoms with van der Waals surface area (Å²) in [6, 6.07) is 4.84. The van der Waals surface area contributed by atoms with Crippen LogP contribution in [0.1, 0.15) is 15.9 Å². The highest BCUT2D eigenvalue weighted by Gasteiger charge is 2.25. The van der Waals surface area contributed by atoms with Crippen LogP contribution in [-0.2, 0) is 16.3 Å². The second-order valence-corrected chi connectivity index (χ2v) is 8.47. The van der Waals surface area contributed by atoms with Gasteiger partial charge in [-0.2, -0.15) is 0 Å². The lowest BCUT2D eigenvalue weighted by molar-refractivity contribution is 0.0750. The van der Waals surface area contributed by atoms with Crippen LogP contribution < -0.4 is 10.1 Å². The summed E-state index contributed by atoms with van der Waals surface area (Å²) in [5.74, 6) is 0.111. The number of halogens is 1. The molecule has 0 saturated heterocycles. The van der Waals surface area contributed by atoms with Gasteiger partial charge in [-0.25, -0.2) is 17.6 Å². The maximum absolute atomic E-state index is 12.8.